The Kier molecular flexibility index (Phi) is 7.24. The Bertz CT molecular complexity index is 975. The van der Waals surface area contributed by atoms with Gasteiger partial charge in [0.15, 0.2) is 0 Å². The van der Waals surface area contributed by atoms with Gasteiger partial charge in [-0.05, 0) is 43.9 Å². The van der Waals surface area contributed by atoms with E-state index in [1.165, 1.54) is 6.92 Å². The van der Waals surface area contributed by atoms with Crippen LogP contribution in [-0.4, -0.2) is 42.0 Å². The molecule has 1 aromatic heterocycles. The number of nitriles is 1. The molecule has 1 atom stereocenters. The van der Waals surface area contributed by atoms with Gasteiger partial charge in [0.1, 0.15) is 17.9 Å². The highest BCUT2D eigenvalue weighted by atomic mass is 16.2. The van der Waals surface area contributed by atoms with Gasteiger partial charge < -0.3 is 15.5 Å². The van der Waals surface area contributed by atoms with E-state index in [1.54, 1.807) is 0 Å². The number of amides is 2. The molecule has 2 aromatic rings. The first kappa shape index (κ1) is 22.3. The minimum Gasteiger partial charge on any atom is -0.355 e. The minimum atomic E-state index is -0.607. The topological polar surface area (TPSA) is 98.1 Å². The molecule has 1 unspecified atom stereocenters. The van der Waals surface area contributed by atoms with Gasteiger partial charge in [-0.3, -0.25) is 9.59 Å². The Hall–Kier alpha value is -3.40. The highest BCUT2D eigenvalue weighted by Crippen LogP contribution is 2.25. The molecular weight excluding hydrogens is 390 g/mol. The lowest BCUT2D eigenvalue weighted by atomic mass is 10.0. The van der Waals surface area contributed by atoms with Crippen LogP contribution in [0.25, 0.3) is 0 Å². The largest absolute Gasteiger partial charge is 0.355 e. The molecule has 0 aliphatic carbocycles. The Labute approximate surface area is 183 Å². The van der Waals surface area contributed by atoms with Gasteiger partial charge in [-0.15, -0.1) is 0 Å². The van der Waals surface area contributed by atoms with Crippen molar-refractivity contribution in [3.63, 3.8) is 0 Å². The van der Waals surface area contributed by atoms with Crippen LogP contribution in [0.4, 0.5) is 5.82 Å². The van der Waals surface area contributed by atoms with E-state index in [9.17, 15) is 14.9 Å². The lowest BCUT2D eigenvalue weighted by Gasteiger charge is -2.34. The van der Waals surface area contributed by atoms with Crippen LogP contribution in [0, 0.1) is 25.2 Å². The molecule has 7 heteroatoms. The maximum Gasteiger partial charge on any atom is 0.243 e. The molecule has 2 heterocycles. The molecule has 0 radical (unpaired) electrons. The van der Waals surface area contributed by atoms with Crippen LogP contribution in [0.2, 0.25) is 0 Å². The van der Waals surface area contributed by atoms with Gasteiger partial charge in [0.25, 0.3) is 0 Å². The van der Waals surface area contributed by atoms with Crippen LogP contribution in [0.5, 0.6) is 0 Å². The number of aromatic nitrogens is 1. The van der Waals surface area contributed by atoms with Crippen LogP contribution in [0.15, 0.2) is 36.4 Å². The number of piperidine rings is 1. The summed E-state index contributed by atoms with van der Waals surface area (Å²) in [7, 11) is 0. The van der Waals surface area contributed by atoms with Crippen molar-refractivity contribution >= 4 is 17.6 Å². The van der Waals surface area contributed by atoms with Crippen LogP contribution < -0.4 is 15.5 Å². The molecule has 3 rings (SSSR count). The number of aryl methyl sites for hydroxylation is 2. The molecule has 1 aliphatic heterocycles. The van der Waals surface area contributed by atoms with E-state index >= 15 is 0 Å². The molecule has 1 aliphatic rings. The Morgan fingerprint density at radius 1 is 1.23 bits per heavy atom. The molecule has 0 bridgehead atoms. The van der Waals surface area contributed by atoms with E-state index in [2.05, 4.69) is 26.6 Å². The molecule has 31 heavy (non-hydrogen) atoms. The van der Waals surface area contributed by atoms with E-state index in [0.29, 0.717) is 25.1 Å². The lowest BCUT2D eigenvalue weighted by molar-refractivity contribution is -0.128. The van der Waals surface area contributed by atoms with Crippen LogP contribution in [-0.2, 0) is 16.0 Å². The third kappa shape index (κ3) is 5.82. The molecule has 0 saturated carbocycles. The highest BCUT2D eigenvalue weighted by molar-refractivity contribution is 5.87. The smallest absolute Gasteiger partial charge is 0.243 e. The third-order valence-electron chi connectivity index (χ3n) is 5.55. The number of anilines is 1. The Balaban J connectivity index is 1.62. The van der Waals surface area contributed by atoms with Crippen molar-refractivity contribution in [1.82, 2.24) is 15.6 Å². The first-order chi connectivity index (χ1) is 14.9. The minimum absolute atomic E-state index is 0.0206. The zero-order chi connectivity index (χ0) is 22.4. The number of hydrogen-bond donors (Lipinski definition) is 2. The summed E-state index contributed by atoms with van der Waals surface area (Å²) in [5.41, 5.74) is 3.43. The SMILES string of the molecule is CC(=O)NC(Cc1ccccc1)C(=O)NC1CCN(c2nc(C)cc(C)c2C#N)CC1. The van der Waals surface area contributed by atoms with Crippen molar-refractivity contribution in [3.05, 3.63) is 58.8 Å². The molecule has 1 fully saturated rings. The molecule has 2 amide bonds. The highest BCUT2D eigenvalue weighted by Gasteiger charge is 2.27. The maximum atomic E-state index is 12.9. The molecule has 1 saturated heterocycles. The standard InChI is InChI=1S/C24H29N5O2/c1-16-13-17(2)26-23(21(16)15-25)29-11-9-20(10-12-29)28-24(31)22(27-18(3)30)14-19-7-5-4-6-8-19/h4-8,13,20,22H,9-12,14H2,1-3H3,(H,27,30)(H,28,31). The van der Waals surface area contributed by atoms with Gasteiger partial charge in [0.05, 0.1) is 5.56 Å². The van der Waals surface area contributed by atoms with E-state index in [1.807, 2.05) is 50.2 Å². The van der Waals surface area contributed by atoms with Gasteiger partial charge >= 0.3 is 0 Å². The third-order valence-corrected chi connectivity index (χ3v) is 5.55. The molecule has 7 nitrogen and oxygen atoms in total. The van der Waals surface area contributed by atoms with Crippen molar-refractivity contribution in [1.29, 1.82) is 5.26 Å². The summed E-state index contributed by atoms with van der Waals surface area (Å²) in [4.78, 5) is 31.2. The lowest BCUT2D eigenvalue weighted by Crippen LogP contribution is -2.52. The van der Waals surface area contributed by atoms with Crippen molar-refractivity contribution in [2.24, 2.45) is 0 Å². The number of nitrogens with one attached hydrogen (secondary N) is 2. The summed E-state index contributed by atoms with van der Waals surface area (Å²) in [6.45, 7) is 6.70. The number of carbonyl (C=O) groups excluding carboxylic acids is 2. The van der Waals surface area contributed by atoms with Crippen molar-refractivity contribution in [2.75, 3.05) is 18.0 Å². The zero-order valence-corrected chi connectivity index (χ0v) is 18.3. The van der Waals surface area contributed by atoms with Gasteiger partial charge in [-0.1, -0.05) is 30.3 Å². The summed E-state index contributed by atoms with van der Waals surface area (Å²) in [6.07, 6.45) is 1.95. The quantitative estimate of drug-likeness (QED) is 0.749. The van der Waals surface area contributed by atoms with Gasteiger partial charge in [0, 0.05) is 38.2 Å². The molecular formula is C24H29N5O2. The number of hydrogen-bond acceptors (Lipinski definition) is 5. The van der Waals surface area contributed by atoms with Crippen LogP contribution in [0.3, 0.4) is 0 Å². The number of benzene rings is 1. The predicted molar refractivity (Wildman–Crippen MR) is 120 cm³/mol. The van der Waals surface area contributed by atoms with E-state index in [0.717, 1.165) is 35.5 Å². The summed E-state index contributed by atoms with van der Waals surface area (Å²) in [6, 6.07) is 13.3. The number of carbonyl (C=O) groups is 2. The monoisotopic (exact) mass is 419 g/mol. The average molecular weight is 420 g/mol. The second kappa shape index (κ2) is 10.1. The first-order valence-corrected chi connectivity index (χ1v) is 10.6. The second-order valence-electron chi connectivity index (χ2n) is 8.10. The van der Waals surface area contributed by atoms with Crippen molar-refractivity contribution < 1.29 is 9.59 Å². The number of nitrogens with zero attached hydrogens (tertiary/aromatic N) is 3. The fraction of sp³-hybridized carbons (Fsp3) is 0.417. The van der Waals surface area contributed by atoms with E-state index < -0.39 is 6.04 Å². The van der Waals surface area contributed by atoms with Gasteiger partial charge in [-0.25, -0.2) is 4.98 Å². The number of pyridine rings is 1. The van der Waals surface area contributed by atoms with E-state index in [-0.39, 0.29) is 17.9 Å². The van der Waals surface area contributed by atoms with Crippen molar-refractivity contribution in [2.45, 2.75) is 52.1 Å². The molecule has 162 valence electrons. The van der Waals surface area contributed by atoms with Gasteiger partial charge in [0.2, 0.25) is 11.8 Å². The molecule has 2 N–H and O–H groups in total. The Morgan fingerprint density at radius 3 is 2.52 bits per heavy atom. The first-order valence-electron chi connectivity index (χ1n) is 10.6. The summed E-state index contributed by atoms with van der Waals surface area (Å²) in [5.74, 6) is 0.334. The molecule has 0 spiro atoms. The molecule has 1 aromatic carbocycles. The van der Waals surface area contributed by atoms with Crippen LogP contribution >= 0.6 is 0 Å². The van der Waals surface area contributed by atoms with E-state index in [4.69, 9.17) is 0 Å². The summed E-state index contributed by atoms with van der Waals surface area (Å²) < 4.78 is 0. The number of rotatable bonds is 6. The summed E-state index contributed by atoms with van der Waals surface area (Å²) in [5, 5.41) is 15.4. The van der Waals surface area contributed by atoms with Crippen LogP contribution in [0.1, 0.15) is 42.1 Å². The summed E-state index contributed by atoms with van der Waals surface area (Å²) >= 11 is 0. The Morgan fingerprint density at radius 2 is 1.90 bits per heavy atom. The normalized spacial score (nSPS) is 15.1. The second-order valence-corrected chi connectivity index (χ2v) is 8.10. The average Bonchev–Trinajstić information content (AvgIpc) is 2.74. The van der Waals surface area contributed by atoms with Gasteiger partial charge in [-0.2, -0.15) is 5.26 Å². The zero-order valence-electron chi connectivity index (χ0n) is 18.3. The predicted octanol–water partition coefficient (Wildman–Crippen LogP) is 2.40. The maximum absolute atomic E-state index is 12.9. The van der Waals surface area contributed by atoms with Crippen molar-refractivity contribution in [3.8, 4) is 6.07 Å². The fourth-order valence-corrected chi connectivity index (χ4v) is 4.03. The fourth-order valence-electron chi connectivity index (χ4n) is 4.03.